The molecule has 1 aromatic carbocycles. The molecule has 98 valence electrons. The number of carbonyl (C=O) groups excluding carboxylic acids is 2. The van der Waals surface area contributed by atoms with Gasteiger partial charge in [0.05, 0.1) is 19.3 Å². The topological polar surface area (TPSA) is 61.8 Å². The Kier molecular flexibility index (Phi) is 5.17. The highest BCUT2D eigenvalue weighted by molar-refractivity contribution is 5.81. The van der Waals surface area contributed by atoms with Crippen molar-refractivity contribution in [2.24, 2.45) is 0 Å². The SMILES string of the molecule is CCOC(=O)C(C)Oc1ccc(OC)cc1C=O. The lowest BCUT2D eigenvalue weighted by Gasteiger charge is -2.15. The average molecular weight is 252 g/mol. The Morgan fingerprint density at radius 2 is 2.17 bits per heavy atom. The standard InChI is InChI=1S/C13H16O5/c1-4-17-13(15)9(2)18-12-6-5-11(16-3)7-10(12)8-14/h5-9H,4H2,1-3H3. The van der Waals surface area contributed by atoms with Crippen LogP contribution in [0.15, 0.2) is 18.2 Å². The molecule has 0 saturated heterocycles. The van der Waals surface area contributed by atoms with Crippen molar-refractivity contribution in [2.45, 2.75) is 20.0 Å². The fraction of sp³-hybridized carbons (Fsp3) is 0.385. The van der Waals surface area contributed by atoms with E-state index in [-0.39, 0.29) is 6.61 Å². The third-order valence-electron chi connectivity index (χ3n) is 2.27. The molecular weight excluding hydrogens is 236 g/mol. The Bertz CT molecular complexity index is 427. The molecule has 0 aliphatic heterocycles. The van der Waals surface area contributed by atoms with E-state index in [1.54, 1.807) is 32.0 Å². The van der Waals surface area contributed by atoms with Crippen LogP contribution in [0.1, 0.15) is 24.2 Å². The fourth-order valence-corrected chi connectivity index (χ4v) is 1.35. The molecule has 0 N–H and O–H groups in total. The Hall–Kier alpha value is -2.04. The molecule has 0 aliphatic carbocycles. The molecular formula is C13H16O5. The van der Waals surface area contributed by atoms with Gasteiger partial charge in [-0.1, -0.05) is 0 Å². The zero-order valence-electron chi connectivity index (χ0n) is 10.6. The van der Waals surface area contributed by atoms with Crippen molar-refractivity contribution in [3.8, 4) is 11.5 Å². The third kappa shape index (κ3) is 3.48. The number of rotatable bonds is 6. The third-order valence-corrected chi connectivity index (χ3v) is 2.27. The van der Waals surface area contributed by atoms with Crippen molar-refractivity contribution in [3.05, 3.63) is 23.8 Å². The minimum Gasteiger partial charge on any atom is -0.497 e. The summed E-state index contributed by atoms with van der Waals surface area (Å²) < 4.78 is 15.2. The van der Waals surface area contributed by atoms with Gasteiger partial charge < -0.3 is 14.2 Å². The number of esters is 1. The van der Waals surface area contributed by atoms with Gasteiger partial charge in [0.1, 0.15) is 11.5 Å². The second-order valence-corrected chi connectivity index (χ2v) is 3.53. The van der Waals surface area contributed by atoms with E-state index in [0.717, 1.165) is 0 Å². The van der Waals surface area contributed by atoms with Crippen LogP contribution in [0.5, 0.6) is 11.5 Å². The summed E-state index contributed by atoms with van der Waals surface area (Å²) >= 11 is 0. The van der Waals surface area contributed by atoms with E-state index in [9.17, 15) is 9.59 Å². The summed E-state index contributed by atoms with van der Waals surface area (Å²) in [7, 11) is 1.51. The molecule has 1 atom stereocenters. The first-order valence-corrected chi connectivity index (χ1v) is 5.58. The molecule has 0 radical (unpaired) electrons. The van der Waals surface area contributed by atoms with Gasteiger partial charge in [-0.2, -0.15) is 0 Å². The van der Waals surface area contributed by atoms with Gasteiger partial charge in [-0.05, 0) is 32.0 Å². The summed E-state index contributed by atoms with van der Waals surface area (Å²) in [5.74, 6) is 0.407. The van der Waals surface area contributed by atoms with Gasteiger partial charge in [-0.3, -0.25) is 4.79 Å². The van der Waals surface area contributed by atoms with Crippen LogP contribution >= 0.6 is 0 Å². The van der Waals surface area contributed by atoms with Crippen molar-refractivity contribution in [2.75, 3.05) is 13.7 Å². The molecule has 1 unspecified atom stereocenters. The molecule has 1 aromatic rings. The van der Waals surface area contributed by atoms with Crippen LogP contribution < -0.4 is 9.47 Å². The van der Waals surface area contributed by atoms with Crippen molar-refractivity contribution in [1.29, 1.82) is 0 Å². The van der Waals surface area contributed by atoms with Crippen LogP contribution in [-0.2, 0) is 9.53 Å². The summed E-state index contributed by atoms with van der Waals surface area (Å²) in [5, 5.41) is 0. The Labute approximate surface area is 106 Å². The van der Waals surface area contributed by atoms with Gasteiger partial charge in [-0.15, -0.1) is 0 Å². The van der Waals surface area contributed by atoms with Gasteiger partial charge in [0.2, 0.25) is 0 Å². The minimum atomic E-state index is -0.767. The van der Waals surface area contributed by atoms with Crippen LogP contribution in [-0.4, -0.2) is 32.1 Å². The van der Waals surface area contributed by atoms with E-state index in [2.05, 4.69) is 0 Å². The van der Waals surface area contributed by atoms with Gasteiger partial charge in [0.25, 0.3) is 0 Å². The van der Waals surface area contributed by atoms with Gasteiger partial charge >= 0.3 is 5.97 Å². The summed E-state index contributed by atoms with van der Waals surface area (Å²) in [4.78, 5) is 22.3. The van der Waals surface area contributed by atoms with Crippen molar-refractivity contribution >= 4 is 12.3 Å². The summed E-state index contributed by atoms with van der Waals surface area (Å²) in [5.41, 5.74) is 0.325. The summed E-state index contributed by atoms with van der Waals surface area (Å²) in [6, 6.07) is 4.78. The molecule has 0 aromatic heterocycles. The maximum absolute atomic E-state index is 11.4. The highest BCUT2D eigenvalue weighted by Crippen LogP contribution is 2.23. The Morgan fingerprint density at radius 3 is 2.72 bits per heavy atom. The lowest BCUT2D eigenvalue weighted by Crippen LogP contribution is -2.26. The lowest BCUT2D eigenvalue weighted by atomic mass is 10.2. The first-order chi connectivity index (χ1) is 8.62. The smallest absolute Gasteiger partial charge is 0.347 e. The molecule has 5 heteroatoms. The summed E-state index contributed by atoms with van der Waals surface area (Å²) in [6.07, 6.45) is -0.118. The number of methoxy groups -OCH3 is 1. The van der Waals surface area contributed by atoms with E-state index in [0.29, 0.717) is 23.3 Å². The van der Waals surface area contributed by atoms with Crippen molar-refractivity contribution in [3.63, 3.8) is 0 Å². The zero-order valence-corrected chi connectivity index (χ0v) is 10.6. The van der Waals surface area contributed by atoms with Gasteiger partial charge in [-0.25, -0.2) is 4.79 Å². The quantitative estimate of drug-likeness (QED) is 0.571. The predicted molar refractivity (Wildman–Crippen MR) is 65.1 cm³/mol. The van der Waals surface area contributed by atoms with E-state index >= 15 is 0 Å². The zero-order chi connectivity index (χ0) is 13.5. The summed E-state index contributed by atoms with van der Waals surface area (Å²) in [6.45, 7) is 3.57. The highest BCUT2D eigenvalue weighted by Gasteiger charge is 2.17. The molecule has 5 nitrogen and oxygen atoms in total. The highest BCUT2D eigenvalue weighted by atomic mass is 16.6. The van der Waals surface area contributed by atoms with E-state index in [1.165, 1.54) is 7.11 Å². The molecule has 18 heavy (non-hydrogen) atoms. The molecule has 0 saturated carbocycles. The van der Waals surface area contributed by atoms with Crippen LogP contribution in [0.2, 0.25) is 0 Å². The molecule has 0 aliphatic rings. The largest absolute Gasteiger partial charge is 0.497 e. The number of aldehydes is 1. The minimum absolute atomic E-state index is 0.287. The molecule has 1 rings (SSSR count). The molecule has 0 amide bonds. The van der Waals surface area contributed by atoms with Crippen LogP contribution in [0.25, 0.3) is 0 Å². The monoisotopic (exact) mass is 252 g/mol. The van der Waals surface area contributed by atoms with Crippen LogP contribution in [0.4, 0.5) is 0 Å². The molecule has 0 bridgehead atoms. The van der Waals surface area contributed by atoms with E-state index in [4.69, 9.17) is 14.2 Å². The average Bonchev–Trinajstić information content (AvgIpc) is 2.39. The second kappa shape index (κ2) is 6.64. The maximum atomic E-state index is 11.4. The predicted octanol–water partition coefficient (Wildman–Crippen LogP) is 1.84. The maximum Gasteiger partial charge on any atom is 0.347 e. The number of benzene rings is 1. The lowest BCUT2D eigenvalue weighted by molar-refractivity contribution is -0.150. The van der Waals surface area contributed by atoms with Crippen molar-refractivity contribution < 1.29 is 23.8 Å². The Balaban J connectivity index is 2.83. The number of hydrogen-bond acceptors (Lipinski definition) is 5. The van der Waals surface area contributed by atoms with Crippen LogP contribution in [0, 0.1) is 0 Å². The fourth-order valence-electron chi connectivity index (χ4n) is 1.35. The first-order valence-electron chi connectivity index (χ1n) is 5.58. The van der Waals surface area contributed by atoms with E-state index in [1.807, 2.05) is 0 Å². The molecule has 0 fully saturated rings. The van der Waals surface area contributed by atoms with Gasteiger partial charge in [0.15, 0.2) is 12.4 Å². The number of ether oxygens (including phenoxy) is 3. The second-order valence-electron chi connectivity index (χ2n) is 3.53. The number of carbonyl (C=O) groups is 2. The van der Waals surface area contributed by atoms with Crippen LogP contribution in [0.3, 0.4) is 0 Å². The molecule has 0 heterocycles. The van der Waals surface area contributed by atoms with Crippen molar-refractivity contribution in [1.82, 2.24) is 0 Å². The normalized spacial score (nSPS) is 11.5. The number of hydrogen-bond donors (Lipinski definition) is 0. The van der Waals surface area contributed by atoms with E-state index < -0.39 is 12.1 Å². The molecule has 0 spiro atoms. The first kappa shape index (κ1) is 14.0. The Morgan fingerprint density at radius 1 is 1.44 bits per heavy atom. The van der Waals surface area contributed by atoms with Gasteiger partial charge in [0, 0.05) is 0 Å².